The molecule has 30 heavy (non-hydrogen) atoms. The minimum atomic E-state index is -0.593. The molecule has 1 atom stereocenters. The van der Waals surface area contributed by atoms with Gasteiger partial charge in [0.25, 0.3) is 5.91 Å². The number of oxazole rings is 1. The van der Waals surface area contributed by atoms with Gasteiger partial charge in [-0.3, -0.25) is 4.79 Å². The lowest BCUT2D eigenvalue weighted by Gasteiger charge is -2.08. The summed E-state index contributed by atoms with van der Waals surface area (Å²) in [5.41, 5.74) is 6.73. The minimum absolute atomic E-state index is 0.0160. The summed E-state index contributed by atoms with van der Waals surface area (Å²) >= 11 is 6.01. The summed E-state index contributed by atoms with van der Waals surface area (Å²) in [4.78, 5) is 17.0. The molecule has 0 aliphatic rings. The number of carbonyl (C=O) groups excluding carboxylic acids is 1. The van der Waals surface area contributed by atoms with Crippen LogP contribution in [0, 0.1) is 5.82 Å². The van der Waals surface area contributed by atoms with Gasteiger partial charge in [-0.2, -0.15) is 0 Å². The van der Waals surface area contributed by atoms with Crippen molar-refractivity contribution in [3.05, 3.63) is 64.3 Å². The number of halogens is 2. The van der Waals surface area contributed by atoms with E-state index in [1.54, 1.807) is 31.2 Å². The van der Waals surface area contributed by atoms with Crippen molar-refractivity contribution < 1.29 is 23.1 Å². The number of hydrogen-bond donors (Lipinski definition) is 2. The van der Waals surface area contributed by atoms with Crippen molar-refractivity contribution in [1.29, 1.82) is 0 Å². The molecule has 1 amide bonds. The Kier molecular flexibility index (Phi) is 6.59. The molecule has 1 unspecified atom stereocenters. The Hall–Kier alpha value is -3.10. The molecular formula is C21H21ClFN3O4. The number of carbonyl (C=O) groups is 1. The SMILES string of the molecule is COc1ccc(-c2nc(C(=O)NCc3c(F)cccc3Cl)c(C(C)N)o2)cc1OC. The third-order valence-electron chi connectivity index (χ3n) is 4.40. The molecule has 3 N–H and O–H groups in total. The second-order valence-electron chi connectivity index (χ2n) is 6.47. The van der Waals surface area contributed by atoms with E-state index in [0.717, 1.165) is 0 Å². The minimum Gasteiger partial charge on any atom is -0.493 e. The fourth-order valence-corrected chi connectivity index (χ4v) is 3.08. The first kappa shape index (κ1) is 21.6. The number of aromatic nitrogens is 1. The van der Waals surface area contributed by atoms with Crippen molar-refractivity contribution in [2.45, 2.75) is 19.5 Å². The molecule has 3 rings (SSSR count). The number of nitrogens with zero attached hydrogens (tertiary/aromatic N) is 1. The quantitative estimate of drug-likeness (QED) is 0.582. The number of hydrogen-bond acceptors (Lipinski definition) is 6. The summed E-state index contributed by atoms with van der Waals surface area (Å²) in [7, 11) is 3.04. The predicted octanol–water partition coefficient (Wildman–Crippen LogP) is 4.10. The largest absolute Gasteiger partial charge is 0.493 e. The fraction of sp³-hybridized carbons (Fsp3) is 0.238. The standard InChI is InChI=1S/C21H21ClFN3O4/c1-11(24)19-18(20(27)25-10-13-14(22)5-4-6-15(13)23)26-21(30-19)12-7-8-16(28-2)17(9-12)29-3/h4-9,11H,10,24H2,1-3H3,(H,25,27). The van der Waals surface area contributed by atoms with Crippen LogP contribution in [-0.2, 0) is 6.54 Å². The van der Waals surface area contributed by atoms with E-state index in [-0.39, 0.29) is 34.5 Å². The Morgan fingerprint density at radius 3 is 2.63 bits per heavy atom. The van der Waals surface area contributed by atoms with E-state index in [0.29, 0.717) is 17.1 Å². The molecule has 0 radical (unpaired) electrons. The molecule has 0 saturated carbocycles. The highest BCUT2D eigenvalue weighted by Gasteiger charge is 2.24. The number of amides is 1. The first-order chi connectivity index (χ1) is 14.3. The molecule has 0 spiro atoms. The zero-order valence-corrected chi connectivity index (χ0v) is 17.4. The van der Waals surface area contributed by atoms with Crippen molar-refractivity contribution in [2.75, 3.05) is 14.2 Å². The maximum absolute atomic E-state index is 14.0. The number of ether oxygens (including phenoxy) is 2. The lowest BCUT2D eigenvalue weighted by molar-refractivity contribution is 0.0943. The summed E-state index contributed by atoms with van der Waals surface area (Å²) in [5, 5.41) is 2.83. The number of nitrogens with one attached hydrogen (secondary N) is 1. The van der Waals surface area contributed by atoms with E-state index >= 15 is 0 Å². The van der Waals surface area contributed by atoms with Gasteiger partial charge in [0.1, 0.15) is 5.82 Å². The molecule has 3 aromatic rings. The van der Waals surface area contributed by atoms with Crippen LogP contribution in [0.25, 0.3) is 11.5 Å². The molecule has 158 valence electrons. The molecule has 0 bridgehead atoms. The second kappa shape index (κ2) is 9.15. The van der Waals surface area contributed by atoms with Gasteiger partial charge in [0, 0.05) is 22.7 Å². The first-order valence-electron chi connectivity index (χ1n) is 9.05. The molecular weight excluding hydrogens is 413 g/mol. The van der Waals surface area contributed by atoms with Crippen molar-refractivity contribution in [1.82, 2.24) is 10.3 Å². The summed E-state index contributed by atoms with van der Waals surface area (Å²) in [6.45, 7) is 1.56. The number of nitrogens with two attached hydrogens (primary N) is 1. The van der Waals surface area contributed by atoms with Crippen LogP contribution < -0.4 is 20.5 Å². The number of benzene rings is 2. The van der Waals surface area contributed by atoms with Crippen LogP contribution in [0.3, 0.4) is 0 Å². The molecule has 0 aliphatic heterocycles. The van der Waals surface area contributed by atoms with Crippen LogP contribution in [0.1, 0.15) is 34.8 Å². The maximum Gasteiger partial charge on any atom is 0.273 e. The molecule has 0 aliphatic carbocycles. The van der Waals surface area contributed by atoms with Gasteiger partial charge < -0.3 is 24.9 Å². The first-order valence-corrected chi connectivity index (χ1v) is 9.43. The monoisotopic (exact) mass is 433 g/mol. The van der Waals surface area contributed by atoms with Gasteiger partial charge in [-0.25, -0.2) is 9.37 Å². The van der Waals surface area contributed by atoms with E-state index in [1.165, 1.54) is 26.4 Å². The van der Waals surface area contributed by atoms with E-state index in [2.05, 4.69) is 10.3 Å². The van der Waals surface area contributed by atoms with Gasteiger partial charge in [-0.15, -0.1) is 0 Å². The van der Waals surface area contributed by atoms with Gasteiger partial charge in [0.2, 0.25) is 5.89 Å². The molecule has 1 heterocycles. The highest BCUT2D eigenvalue weighted by molar-refractivity contribution is 6.31. The van der Waals surface area contributed by atoms with Crippen LogP contribution in [0.2, 0.25) is 5.02 Å². The van der Waals surface area contributed by atoms with Gasteiger partial charge in [-0.05, 0) is 37.3 Å². The van der Waals surface area contributed by atoms with Crippen molar-refractivity contribution >= 4 is 17.5 Å². The van der Waals surface area contributed by atoms with E-state index in [1.807, 2.05) is 0 Å². The number of methoxy groups -OCH3 is 2. The molecule has 0 saturated heterocycles. The van der Waals surface area contributed by atoms with Crippen molar-refractivity contribution in [3.8, 4) is 23.0 Å². The Balaban J connectivity index is 1.90. The van der Waals surface area contributed by atoms with Crippen molar-refractivity contribution in [2.24, 2.45) is 5.73 Å². The Morgan fingerprint density at radius 2 is 2.00 bits per heavy atom. The van der Waals surface area contributed by atoms with Crippen LogP contribution in [0.5, 0.6) is 11.5 Å². The van der Waals surface area contributed by atoms with Gasteiger partial charge >= 0.3 is 0 Å². The zero-order valence-electron chi connectivity index (χ0n) is 16.7. The summed E-state index contributed by atoms with van der Waals surface area (Å²) in [6, 6.07) is 8.81. The van der Waals surface area contributed by atoms with Crippen molar-refractivity contribution in [3.63, 3.8) is 0 Å². The summed E-state index contributed by atoms with van der Waals surface area (Å²) in [6.07, 6.45) is 0. The molecule has 2 aromatic carbocycles. The third-order valence-corrected chi connectivity index (χ3v) is 4.75. The maximum atomic E-state index is 14.0. The molecule has 0 fully saturated rings. The van der Waals surface area contributed by atoms with E-state index in [4.69, 9.17) is 31.2 Å². The summed E-state index contributed by atoms with van der Waals surface area (Å²) < 4.78 is 30.2. The highest BCUT2D eigenvalue weighted by atomic mass is 35.5. The third kappa shape index (κ3) is 4.39. The predicted molar refractivity (Wildman–Crippen MR) is 110 cm³/mol. The van der Waals surface area contributed by atoms with Crippen LogP contribution in [0.15, 0.2) is 40.8 Å². The normalized spacial score (nSPS) is 11.8. The Labute approximate surface area is 177 Å². The molecule has 9 heteroatoms. The summed E-state index contributed by atoms with van der Waals surface area (Å²) in [5.74, 6) is 0.350. The Morgan fingerprint density at radius 1 is 1.27 bits per heavy atom. The van der Waals surface area contributed by atoms with Gasteiger partial charge in [0.15, 0.2) is 23.0 Å². The van der Waals surface area contributed by atoms with E-state index in [9.17, 15) is 9.18 Å². The lowest BCUT2D eigenvalue weighted by atomic mass is 10.2. The van der Waals surface area contributed by atoms with Crippen LogP contribution in [0.4, 0.5) is 4.39 Å². The van der Waals surface area contributed by atoms with Crippen LogP contribution >= 0.6 is 11.6 Å². The van der Waals surface area contributed by atoms with Crippen LogP contribution in [-0.4, -0.2) is 25.1 Å². The topological polar surface area (TPSA) is 99.6 Å². The highest BCUT2D eigenvalue weighted by Crippen LogP contribution is 2.33. The second-order valence-corrected chi connectivity index (χ2v) is 6.88. The zero-order chi connectivity index (χ0) is 21.8. The van der Waals surface area contributed by atoms with Gasteiger partial charge in [0.05, 0.1) is 20.3 Å². The average molecular weight is 434 g/mol. The Bertz CT molecular complexity index is 1050. The molecule has 1 aromatic heterocycles. The molecule has 7 nitrogen and oxygen atoms in total. The smallest absolute Gasteiger partial charge is 0.273 e. The van der Waals surface area contributed by atoms with E-state index < -0.39 is 17.8 Å². The fourth-order valence-electron chi connectivity index (χ4n) is 2.85. The average Bonchev–Trinajstić information content (AvgIpc) is 3.18. The lowest BCUT2D eigenvalue weighted by Crippen LogP contribution is -2.26. The number of rotatable bonds is 7. The van der Waals surface area contributed by atoms with Gasteiger partial charge in [-0.1, -0.05) is 17.7 Å².